The fourth-order valence-corrected chi connectivity index (χ4v) is 1.62. The van der Waals surface area contributed by atoms with Crippen LogP contribution in [0.4, 0.5) is 0 Å². The van der Waals surface area contributed by atoms with E-state index in [1.165, 1.54) is 0 Å². The number of hydrogen-bond donors (Lipinski definition) is 4. The molecule has 1 unspecified atom stereocenters. The minimum atomic E-state index is -4.53. The van der Waals surface area contributed by atoms with Crippen LogP contribution in [0.5, 0.6) is 0 Å². The van der Waals surface area contributed by atoms with Crippen molar-refractivity contribution in [2.24, 2.45) is 5.92 Å². The van der Waals surface area contributed by atoms with Crippen molar-refractivity contribution in [3.05, 3.63) is 0 Å². The summed E-state index contributed by atoms with van der Waals surface area (Å²) in [6, 6.07) is 0. The highest BCUT2D eigenvalue weighted by molar-refractivity contribution is 7.52. The number of aliphatic carboxylic acids is 2. The van der Waals surface area contributed by atoms with Gasteiger partial charge in [0.25, 0.3) is 0 Å². The molecule has 4 N–H and O–H groups in total. The summed E-state index contributed by atoms with van der Waals surface area (Å²) < 4.78 is 10.4. The second kappa shape index (κ2) is 5.74. The van der Waals surface area contributed by atoms with E-state index >= 15 is 0 Å². The lowest BCUT2D eigenvalue weighted by Gasteiger charge is -2.09. The lowest BCUT2D eigenvalue weighted by atomic mass is 10.00. The number of rotatable bonds is 7. The largest absolute Gasteiger partial charge is 0.481 e. The number of carbonyl (C=O) groups excluding carboxylic acids is 1. The molecule has 8 nitrogen and oxygen atoms in total. The summed E-state index contributed by atoms with van der Waals surface area (Å²) in [6.07, 6.45) is -2.54. The maximum absolute atomic E-state index is 11.0. The van der Waals surface area contributed by atoms with Gasteiger partial charge in [-0.25, -0.2) is 0 Å². The summed E-state index contributed by atoms with van der Waals surface area (Å²) in [5.41, 5.74) is 0. The Balaban J connectivity index is 4.41. The Labute approximate surface area is 90.1 Å². The molecule has 0 rings (SSSR count). The Hall–Kier alpha value is -1.24. The van der Waals surface area contributed by atoms with E-state index in [-0.39, 0.29) is 0 Å². The molecular weight excluding hydrogens is 243 g/mol. The summed E-state index contributed by atoms with van der Waals surface area (Å²) in [5.74, 6) is -5.31. The third-order valence-electron chi connectivity index (χ3n) is 1.63. The van der Waals surface area contributed by atoms with Crippen molar-refractivity contribution in [1.29, 1.82) is 0 Å². The summed E-state index contributed by atoms with van der Waals surface area (Å²) in [7, 11) is -4.53. The maximum atomic E-state index is 11.0. The Kier molecular flexibility index (Phi) is 5.29. The van der Waals surface area contributed by atoms with E-state index < -0.39 is 50.2 Å². The van der Waals surface area contributed by atoms with Crippen LogP contribution in [0.2, 0.25) is 0 Å². The third-order valence-corrected chi connectivity index (χ3v) is 2.39. The Morgan fingerprint density at radius 1 is 1.06 bits per heavy atom. The van der Waals surface area contributed by atoms with Gasteiger partial charge in [-0.2, -0.15) is 0 Å². The predicted octanol–water partition coefficient (Wildman–Crippen LogP) is -0.701. The van der Waals surface area contributed by atoms with Crippen molar-refractivity contribution in [3.8, 4) is 0 Å². The molecule has 0 aliphatic heterocycles. The van der Waals surface area contributed by atoms with Crippen LogP contribution < -0.4 is 0 Å². The highest BCUT2D eigenvalue weighted by Crippen LogP contribution is 2.34. The van der Waals surface area contributed by atoms with Crippen molar-refractivity contribution < 1.29 is 38.9 Å². The summed E-state index contributed by atoms with van der Waals surface area (Å²) >= 11 is 0. The zero-order valence-corrected chi connectivity index (χ0v) is 8.96. The lowest BCUT2D eigenvalue weighted by molar-refractivity contribution is -0.149. The van der Waals surface area contributed by atoms with Crippen LogP contribution >= 0.6 is 7.60 Å². The number of Topliss-reactive ketones (excluding diaryl/α,β-unsaturated/α-hetero) is 1. The quantitative estimate of drug-likeness (QED) is 0.435. The molecule has 0 fully saturated rings. The first-order valence-corrected chi connectivity index (χ1v) is 5.92. The van der Waals surface area contributed by atoms with Gasteiger partial charge in [-0.05, 0) is 0 Å². The number of ketones is 1. The number of carboxylic acid groups (broad SMARTS) is 2. The first-order chi connectivity index (χ1) is 7.11. The highest BCUT2D eigenvalue weighted by Gasteiger charge is 2.27. The van der Waals surface area contributed by atoms with Gasteiger partial charge in [0.15, 0.2) is 0 Å². The van der Waals surface area contributed by atoms with Crippen molar-refractivity contribution in [1.82, 2.24) is 0 Å². The van der Waals surface area contributed by atoms with Gasteiger partial charge >= 0.3 is 19.5 Å². The summed E-state index contributed by atoms with van der Waals surface area (Å²) in [5, 5.41) is 16.9. The summed E-state index contributed by atoms with van der Waals surface area (Å²) in [6.45, 7) is 0. The molecule has 0 heterocycles. The van der Waals surface area contributed by atoms with Gasteiger partial charge in [0.1, 0.15) is 11.9 Å². The number of carbonyl (C=O) groups is 3. The SMILES string of the molecule is O=C(O)CC(CC(=O)CP(=O)(O)O)C(=O)O. The molecule has 0 saturated heterocycles. The lowest BCUT2D eigenvalue weighted by Crippen LogP contribution is -2.22. The second-order valence-corrected chi connectivity index (χ2v) is 4.84. The average molecular weight is 254 g/mol. The molecule has 0 spiro atoms. The van der Waals surface area contributed by atoms with Crippen molar-refractivity contribution >= 4 is 25.3 Å². The van der Waals surface area contributed by atoms with Gasteiger partial charge in [-0.15, -0.1) is 0 Å². The van der Waals surface area contributed by atoms with Gasteiger partial charge in [0.05, 0.1) is 12.3 Å². The molecule has 0 aliphatic carbocycles. The van der Waals surface area contributed by atoms with E-state index in [0.29, 0.717) is 0 Å². The molecule has 1 atom stereocenters. The molecule has 92 valence electrons. The van der Waals surface area contributed by atoms with Crippen LogP contribution in [0.15, 0.2) is 0 Å². The number of hydrogen-bond acceptors (Lipinski definition) is 4. The fourth-order valence-electron chi connectivity index (χ4n) is 1.03. The molecule has 16 heavy (non-hydrogen) atoms. The van der Waals surface area contributed by atoms with Gasteiger partial charge < -0.3 is 20.0 Å². The molecule has 0 aromatic carbocycles. The molecular formula is C7H11O8P. The molecule has 0 aliphatic rings. The van der Waals surface area contributed by atoms with Crippen molar-refractivity contribution in [3.63, 3.8) is 0 Å². The molecule has 0 saturated carbocycles. The smallest absolute Gasteiger partial charge is 0.332 e. The predicted molar refractivity (Wildman–Crippen MR) is 49.9 cm³/mol. The van der Waals surface area contributed by atoms with Crippen LogP contribution in [0.3, 0.4) is 0 Å². The van der Waals surface area contributed by atoms with Crippen LogP contribution in [0.1, 0.15) is 12.8 Å². The molecule has 0 bridgehead atoms. The molecule has 9 heteroatoms. The second-order valence-electron chi connectivity index (χ2n) is 3.20. The van der Waals surface area contributed by atoms with E-state index in [1.807, 2.05) is 0 Å². The van der Waals surface area contributed by atoms with E-state index in [0.717, 1.165) is 0 Å². The molecule has 0 radical (unpaired) electrons. The molecule has 0 aromatic heterocycles. The fraction of sp³-hybridized carbons (Fsp3) is 0.571. The van der Waals surface area contributed by atoms with E-state index in [9.17, 15) is 18.9 Å². The normalized spacial score (nSPS) is 13.1. The van der Waals surface area contributed by atoms with Crippen LogP contribution in [0, 0.1) is 5.92 Å². The van der Waals surface area contributed by atoms with Gasteiger partial charge in [0, 0.05) is 6.42 Å². The highest BCUT2D eigenvalue weighted by atomic mass is 31.2. The van der Waals surface area contributed by atoms with E-state index in [4.69, 9.17) is 20.0 Å². The first kappa shape index (κ1) is 14.8. The van der Waals surface area contributed by atoms with E-state index in [1.54, 1.807) is 0 Å². The standard InChI is InChI=1S/C7H11O8P/c8-5(3-16(13,14)15)1-4(7(11)12)2-6(9)10/h4H,1-3H2,(H,9,10)(H,11,12)(H2,13,14,15). The van der Waals surface area contributed by atoms with Crippen molar-refractivity contribution in [2.45, 2.75) is 12.8 Å². The first-order valence-electron chi connectivity index (χ1n) is 4.12. The monoisotopic (exact) mass is 254 g/mol. The third kappa shape index (κ3) is 7.10. The minimum absolute atomic E-state index is 0.702. The Bertz CT molecular complexity index is 342. The van der Waals surface area contributed by atoms with Crippen LogP contribution in [-0.2, 0) is 18.9 Å². The Morgan fingerprint density at radius 2 is 1.56 bits per heavy atom. The van der Waals surface area contributed by atoms with Gasteiger partial charge in [-0.3, -0.25) is 18.9 Å². The zero-order valence-electron chi connectivity index (χ0n) is 8.07. The van der Waals surface area contributed by atoms with Crippen LogP contribution in [-0.4, -0.2) is 43.9 Å². The average Bonchev–Trinajstić information content (AvgIpc) is 1.97. The number of carboxylic acids is 2. The minimum Gasteiger partial charge on any atom is -0.481 e. The van der Waals surface area contributed by atoms with Gasteiger partial charge in [0.2, 0.25) is 0 Å². The maximum Gasteiger partial charge on any atom is 0.332 e. The van der Waals surface area contributed by atoms with Crippen LogP contribution in [0.25, 0.3) is 0 Å². The molecule has 0 amide bonds. The van der Waals surface area contributed by atoms with Gasteiger partial charge in [-0.1, -0.05) is 0 Å². The Morgan fingerprint density at radius 3 is 1.88 bits per heavy atom. The topological polar surface area (TPSA) is 149 Å². The zero-order chi connectivity index (χ0) is 12.9. The van der Waals surface area contributed by atoms with Crippen molar-refractivity contribution in [2.75, 3.05) is 6.16 Å². The molecule has 0 aromatic rings. The summed E-state index contributed by atoms with van der Waals surface area (Å²) in [4.78, 5) is 48.7. The van der Waals surface area contributed by atoms with E-state index in [2.05, 4.69) is 0 Å².